The SMILES string of the molecule is CC(=O)/C(C1=NCCC(=O)N1)=C(\C)O. The minimum atomic E-state index is -0.314. The van der Waals surface area contributed by atoms with Crippen molar-refractivity contribution in [3.63, 3.8) is 0 Å². The van der Waals surface area contributed by atoms with Crippen LogP contribution in [0.25, 0.3) is 0 Å². The molecule has 0 aromatic carbocycles. The molecule has 0 fully saturated rings. The van der Waals surface area contributed by atoms with Crippen molar-refractivity contribution in [1.29, 1.82) is 0 Å². The minimum Gasteiger partial charge on any atom is -0.512 e. The number of hydrogen-bond acceptors (Lipinski definition) is 4. The van der Waals surface area contributed by atoms with Gasteiger partial charge in [-0.1, -0.05) is 0 Å². The molecule has 0 atom stereocenters. The number of nitrogens with one attached hydrogen (secondary N) is 1. The van der Waals surface area contributed by atoms with Gasteiger partial charge < -0.3 is 10.4 Å². The zero-order valence-electron chi connectivity index (χ0n) is 8.13. The third-order valence-electron chi connectivity index (χ3n) is 1.82. The van der Waals surface area contributed by atoms with Gasteiger partial charge in [0.2, 0.25) is 5.91 Å². The van der Waals surface area contributed by atoms with Crippen LogP contribution < -0.4 is 5.32 Å². The van der Waals surface area contributed by atoms with Crippen molar-refractivity contribution < 1.29 is 14.7 Å². The third kappa shape index (κ3) is 2.18. The van der Waals surface area contributed by atoms with Gasteiger partial charge in [0.05, 0.1) is 12.1 Å². The number of aliphatic hydroxyl groups excluding tert-OH is 1. The Balaban J connectivity index is 3.02. The Morgan fingerprint density at radius 1 is 1.50 bits per heavy atom. The first kappa shape index (κ1) is 10.4. The molecule has 0 spiro atoms. The highest BCUT2D eigenvalue weighted by Crippen LogP contribution is 2.07. The van der Waals surface area contributed by atoms with Gasteiger partial charge in [0, 0.05) is 6.42 Å². The number of carbonyl (C=O) groups is 2. The molecule has 0 aliphatic carbocycles. The summed E-state index contributed by atoms with van der Waals surface area (Å²) < 4.78 is 0. The van der Waals surface area contributed by atoms with E-state index in [2.05, 4.69) is 10.3 Å². The fourth-order valence-corrected chi connectivity index (χ4v) is 1.24. The van der Waals surface area contributed by atoms with E-state index in [9.17, 15) is 14.7 Å². The molecule has 0 aromatic rings. The first-order valence-corrected chi connectivity index (χ1v) is 4.28. The molecule has 1 amide bonds. The zero-order valence-corrected chi connectivity index (χ0v) is 8.13. The number of aliphatic imine (C=N–C) groups is 1. The Morgan fingerprint density at radius 2 is 2.14 bits per heavy atom. The molecule has 0 saturated carbocycles. The van der Waals surface area contributed by atoms with E-state index in [-0.39, 0.29) is 28.9 Å². The number of hydrogen-bond donors (Lipinski definition) is 2. The number of nitrogens with zero attached hydrogens (tertiary/aromatic N) is 1. The van der Waals surface area contributed by atoms with Crippen LogP contribution >= 0.6 is 0 Å². The first-order chi connectivity index (χ1) is 6.52. The van der Waals surface area contributed by atoms with E-state index in [0.29, 0.717) is 13.0 Å². The molecule has 1 rings (SSSR count). The van der Waals surface area contributed by atoms with E-state index in [1.165, 1.54) is 13.8 Å². The monoisotopic (exact) mass is 196 g/mol. The third-order valence-corrected chi connectivity index (χ3v) is 1.82. The van der Waals surface area contributed by atoms with Crippen LogP contribution in [0.2, 0.25) is 0 Å². The summed E-state index contributed by atoms with van der Waals surface area (Å²) in [5.74, 6) is -0.451. The van der Waals surface area contributed by atoms with E-state index in [4.69, 9.17) is 0 Å². The lowest BCUT2D eigenvalue weighted by atomic mass is 10.1. The van der Waals surface area contributed by atoms with Gasteiger partial charge in [0.15, 0.2) is 5.78 Å². The predicted octanol–water partition coefficient (Wildman–Crippen LogP) is 0.326. The molecular weight excluding hydrogens is 184 g/mol. The van der Waals surface area contributed by atoms with Crippen LogP contribution in [0.3, 0.4) is 0 Å². The van der Waals surface area contributed by atoms with Crippen molar-refractivity contribution in [2.24, 2.45) is 4.99 Å². The Bertz CT molecular complexity index is 338. The number of Topliss-reactive ketones (excluding diaryl/α,β-unsaturated/α-hetero) is 1. The van der Waals surface area contributed by atoms with Gasteiger partial charge >= 0.3 is 0 Å². The summed E-state index contributed by atoms with van der Waals surface area (Å²) >= 11 is 0. The molecule has 0 bridgehead atoms. The average Bonchev–Trinajstić information content (AvgIpc) is 2.02. The number of aliphatic hydroxyl groups is 1. The van der Waals surface area contributed by atoms with Gasteiger partial charge in [0.1, 0.15) is 11.6 Å². The standard InChI is InChI=1S/C9H12N2O3/c1-5(12)8(6(2)13)9-10-4-3-7(14)11-9/h12H,3-4H2,1-2H3,(H,10,11,14)/b8-5-. The minimum absolute atomic E-state index is 0.0815. The number of amides is 1. The Kier molecular flexibility index (Phi) is 3.01. The molecule has 5 heteroatoms. The van der Waals surface area contributed by atoms with Gasteiger partial charge in [-0.05, 0) is 13.8 Å². The summed E-state index contributed by atoms with van der Waals surface area (Å²) in [5, 5.41) is 11.7. The lowest BCUT2D eigenvalue weighted by molar-refractivity contribution is -0.119. The topological polar surface area (TPSA) is 78.8 Å². The van der Waals surface area contributed by atoms with Crippen molar-refractivity contribution in [3.8, 4) is 0 Å². The maximum Gasteiger partial charge on any atom is 0.227 e. The molecule has 0 saturated heterocycles. The van der Waals surface area contributed by atoms with Gasteiger partial charge in [-0.3, -0.25) is 14.6 Å². The second-order valence-corrected chi connectivity index (χ2v) is 3.05. The Hall–Kier alpha value is -1.65. The highest BCUT2D eigenvalue weighted by molar-refractivity contribution is 6.24. The lowest BCUT2D eigenvalue weighted by Gasteiger charge is -2.14. The van der Waals surface area contributed by atoms with Gasteiger partial charge in [-0.25, -0.2) is 0 Å². The van der Waals surface area contributed by atoms with Crippen LogP contribution in [0.5, 0.6) is 0 Å². The smallest absolute Gasteiger partial charge is 0.227 e. The van der Waals surface area contributed by atoms with Gasteiger partial charge in [-0.2, -0.15) is 0 Å². The second kappa shape index (κ2) is 4.04. The van der Waals surface area contributed by atoms with Gasteiger partial charge in [-0.15, -0.1) is 0 Å². The summed E-state index contributed by atoms with van der Waals surface area (Å²) in [7, 11) is 0. The molecule has 76 valence electrons. The maximum atomic E-state index is 11.1. The summed E-state index contributed by atoms with van der Waals surface area (Å²) in [6, 6.07) is 0. The van der Waals surface area contributed by atoms with Crippen LogP contribution in [0.1, 0.15) is 20.3 Å². The van der Waals surface area contributed by atoms with E-state index in [0.717, 1.165) is 0 Å². The Morgan fingerprint density at radius 3 is 2.57 bits per heavy atom. The van der Waals surface area contributed by atoms with Crippen LogP contribution in [-0.2, 0) is 9.59 Å². The molecule has 0 unspecified atom stereocenters. The fourth-order valence-electron chi connectivity index (χ4n) is 1.24. The summed E-state index contributed by atoms with van der Waals surface area (Å²) in [6.45, 7) is 3.06. The number of allylic oxidation sites excluding steroid dienone is 1. The average molecular weight is 196 g/mol. The molecule has 14 heavy (non-hydrogen) atoms. The van der Waals surface area contributed by atoms with Crippen LogP contribution in [0.4, 0.5) is 0 Å². The van der Waals surface area contributed by atoms with Crippen LogP contribution in [0.15, 0.2) is 16.3 Å². The van der Waals surface area contributed by atoms with E-state index >= 15 is 0 Å². The number of rotatable bonds is 2. The van der Waals surface area contributed by atoms with E-state index in [1.54, 1.807) is 0 Å². The van der Waals surface area contributed by atoms with Crippen molar-refractivity contribution in [2.45, 2.75) is 20.3 Å². The fraction of sp³-hybridized carbons (Fsp3) is 0.444. The molecule has 1 aliphatic heterocycles. The second-order valence-electron chi connectivity index (χ2n) is 3.05. The zero-order chi connectivity index (χ0) is 10.7. The Labute approximate surface area is 81.5 Å². The van der Waals surface area contributed by atoms with E-state index in [1.807, 2.05) is 0 Å². The largest absolute Gasteiger partial charge is 0.512 e. The summed E-state index contributed by atoms with van der Waals surface area (Å²) in [6.07, 6.45) is 0.319. The van der Waals surface area contributed by atoms with Crippen LogP contribution in [0, 0.1) is 0 Å². The maximum absolute atomic E-state index is 11.1. The van der Waals surface area contributed by atoms with Crippen molar-refractivity contribution in [2.75, 3.05) is 6.54 Å². The molecular formula is C9H12N2O3. The number of carbonyl (C=O) groups excluding carboxylic acids is 2. The van der Waals surface area contributed by atoms with E-state index < -0.39 is 0 Å². The van der Waals surface area contributed by atoms with Crippen LogP contribution in [-0.4, -0.2) is 29.2 Å². The summed E-state index contributed by atoms with van der Waals surface area (Å²) in [5.41, 5.74) is 0.0815. The molecule has 1 heterocycles. The predicted molar refractivity (Wildman–Crippen MR) is 51.1 cm³/mol. The highest BCUT2D eigenvalue weighted by atomic mass is 16.3. The molecule has 0 radical (unpaired) electrons. The number of ketones is 1. The van der Waals surface area contributed by atoms with Gasteiger partial charge in [0.25, 0.3) is 0 Å². The van der Waals surface area contributed by atoms with Crippen molar-refractivity contribution in [1.82, 2.24) is 5.32 Å². The highest BCUT2D eigenvalue weighted by Gasteiger charge is 2.20. The number of amidine groups is 1. The van der Waals surface area contributed by atoms with Crippen molar-refractivity contribution in [3.05, 3.63) is 11.3 Å². The van der Waals surface area contributed by atoms with Crippen molar-refractivity contribution >= 4 is 17.5 Å². The quantitative estimate of drug-likeness (QED) is 0.493. The molecule has 2 N–H and O–H groups in total. The summed E-state index contributed by atoms with van der Waals surface area (Å²) in [4.78, 5) is 26.1. The molecule has 1 aliphatic rings. The normalized spacial score (nSPS) is 18.1. The molecule has 5 nitrogen and oxygen atoms in total. The molecule has 0 aromatic heterocycles. The lowest BCUT2D eigenvalue weighted by Crippen LogP contribution is -2.38. The first-order valence-electron chi connectivity index (χ1n) is 4.28.